The predicted octanol–water partition coefficient (Wildman–Crippen LogP) is 1.54. The van der Waals surface area contributed by atoms with E-state index in [1.165, 1.54) is 0 Å². The molecule has 0 aromatic carbocycles. The fraction of sp³-hybridized carbons (Fsp3) is 0.909. The van der Waals surface area contributed by atoms with Crippen LogP contribution < -0.4 is 10.6 Å². The van der Waals surface area contributed by atoms with Gasteiger partial charge < -0.3 is 10.6 Å². The maximum atomic E-state index is 11.2. The number of amides is 1. The van der Waals surface area contributed by atoms with E-state index in [2.05, 4.69) is 38.3 Å². The maximum absolute atomic E-state index is 11.2. The second-order valence-corrected chi connectivity index (χ2v) is 4.53. The minimum Gasteiger partial charge on any atom is -0.359 e. The Hall–Kier alpha value is -0.570. The molecule has 3 heteroatoms. The Balaban J connectivity index is 4.03. The van der Waals surface area contributed by atoms with Crippen molar-refractivity contribution in [3.05, 3.63) is 0 Å². The van der Waals surface area contributed by atoms with Gasteiger partial charge >= 0.3 is 0 Å². The van der Waals surface area contributed by atoms with Gasteiger partial charge in [0.2, 0.25) is 5.91 Å². The second-order valence-electron chi connectivity index (χ2n) is 4.53. The monoisotopic (exact) mass is 200 g/mol. The van der Waals surface area contributed by atoms with Crippen LogP contribution in [0.25, 0.3) is 0 Å². The number of hydrogen-bond donors (Lipinski definition) is 2. The van der Waals surface area contributed by atoms with E-state index < -0.39 is 0 Å². The molecule has 1 amide bonds. The molecule has 0 saturated heterocycles. The molecule has 0 aromatic heterocycles. The van der Waals surface area contributed by atoms with Gasteiger partial charge in [-0.05, 0) is 12.3 Å². The molecule has 0 radical (unpaired) electrons. The molecule has 1 unspecified atom stereocenters. The van der Waals surface area contributed by atoms with Gasteiger partial charge in [0.15, 0.2) is 0 Å². The number of nitrogens with one attached hydrogen (secondary N) is 2. The average Bonchev–Trinajstić information content (AvgIpc) is 2.01. The first-order chi connectivity index (χ1) is 6.45. The van der Waals surface area contributed by atoms with Crippen molar-refractivity contribution in [1.29, 1.82) is 0 Å². The third-order valence-corrected chi connectivity index (χ3v) is 2.04. The topological polar surface area (TPSA) is 41.1 Å². The number of hydrogen-bond acceptors (Lipinski definition) is 2. The molecule has 0 fully saturated rings. The van der Waals surface area contributed by atoms with Crippen LogP contribution in [0.1, 0.15) is 40.5 Å². The minimum atomic E-state index is 0.115. The molecule has 0 aromatic rings. The maximum Gasteiger partial charge on any atom is 0.221 e. The van der Waals surface area contributed by atoms with Gasteiger partial charge in [-0.25, -0.2) is 0 Å². The smallest absolute Gasteiger partial charge is 0.221 e. The lowest BCUT2D eigenvalue weighted by Gasteiger charge is -2.22. The first-order valence-electron chi connectivity index (χ1n) is 5.42. The molecule has 0 aliphatic carbocycles. The molecule has 0 aliphatic heterocycles. The zero-order chi connectivity index (χ0) is 11.1. The lowest BCUT2D eigenvalue weighted by Crippen LogP contribution is -2.39. The van der Waals surface area contributed by atoms with Crippen molar-refractivity contribution in [2.75, 3.05) is 7.05 Å². The molecule has 1 atom stereocenters. The lowest BCUT2D eigenvalue weighted by atomic mass is 10.00. The quantitative estimate of drug-likeness (QED) is 0.683. The first-order valence-corrected chi connectivity index (χ1v) is 5.42. The third-order valence-electron chi connectivity index (χ3n) is 2.04. The van der Waals surface area contributed by atoms with E-state index >= 15 is 0 Å². The van der Waals surface area contributed by atoms with Crippen LogP contribution in [0.4, 0.5) is 0 Å². The Morgan fingerprint density at radius 3 is 2.14 bits per heavy atom. The van der Waals surface area contributed by atoms with Gasteiger partial charge in [-0.15, -0.1) is 0 Å². The van der Waals surface area contributed by atoms with E-state index in [1.807, 2.05) is 0 Å². The van der Waals surface area contributed by atoms with Crippen molar-refractivity contribution in [2.45, 2.75) is 52.6 Å². The van der Waals surface area contributed by atoms with Crippen LogP contribution in [-0.4, -0.2) is 25.0 Å². The summed E-state index contributed by atoms with van der Waals surface area (Å²) in [6.45, 7) is 8.58. The van der Waals surface area contributed by atoms with Gasteiger partial charge in [0.1, 0.15) is 0 Å². The first kappa shape index (κ1) is 13.4. The third kappa shape index (κ3) is 6.89. The molecular formula is C11H24N2O. The fourth-order valence-corrected chi connectivity index (χ4v) is 1.58. The van der Waals surface area contributed by atoms with Gasteiger partial charge in [0, 0.05) is 25.6 Å². The summed E-state index contributed by atoms with van der Waals surface area (Å²) >= 11 is 0. The summed E-state index contributed by atoms with van der Waals surface area (Å²) in [5.41, 5.74) is 0. The fourth-order valence-electron chi connectivity index (χ4n) is 1.58. The SMILES string of the molecule is CNC(=O)CC(CC(C)C)NC(C)C. The van der Waals surface area contributed by atoms with Crippen LogP contribution in [-0.2, 0) is 4.79 Å². The molecule has 0 aliphatic rings. The van der Waals surface area contributed by atoms with Crippen molar-refractivity contribution in [3.8, 4) is 0 Å². The molecule has 2 N–H and O–H groups in total. The molecule has 84 valence electrons. The van der Waals surface area contributed by atoms with E-state index in [9.17, 15) is 4.79 Å². The van der Waals surface area contributed by atoms with Crippen LogP contribution in [0, 0.1) is 5.92 Å². The van der Waals surface area contributed by atoms with Gasteiger partial charge in [-0.2, -0.15) is 0 Å². The van der Waals surface area contributed by atoms with Gasteiger partial charge in [-0.3, -0.25) is 4.79 Å². The van der Waals surface area contributed by atoms with Crippen LogP contribution in [0.2, 0.25) is 0 Å². The molecular weight excluding hydrogens is 176 g/mol. The molecule has 0 saturated carbocycles. The highest BCUT2D eigenvalue weighted by Crippen LogP contribution is 2.08. The lowest BCUT2D eigenvalue weighted by molar-refractivity contribution is -0.121. The predicted molar refractivity (Wildman–Crippen MR) is 60.2 cm³/mol. The van der Waals surface area contributed by atoms with E-state index in [4.69, 9.17) is 0 Å². The van der Waals surface area contributed by atoms with Gasteiger partial charge in [0.25, 0.3) is 0 Å². The van der Waals surface area contributed by atoms with Crippen LogP contribution >= 0.6 is 0 Å². The van der Waals surface area contributed by atoms with Gasteiger partial charge in [-0.1, -0.05) is 27.7 Å². The van der Waals surface area contributed by atoms with E-state index in [-0.39, 0.29) is 5.91 Å². The highest BCUT2D eigenvalue weighted by Gasteiger charge is 2.14. The summed E-state index contributed by atoms with van der Waals surface area (Å²) in [6.07, 6.45) is 1.62. The normalized spacial score (nSPS) is 13.4. The van der Waals surface area contributed by atoms with Crippen molar-refractivity contribution < 1.29 is 4.79 Å². The Bertz CT molecular complexity index is 157. The molecule has 3 nitrogen and oxygen atoms in total. The summed E-state index contributed by atoms with van der Waals surface area (Å²) in [4.78, 5) is 11.2. The van der Waals surface area contributed by atoms with E-state index in [0.29, 0.717) is 24.4 Å². The second kappa shape index (κ2) is 6.82. The molecule has 14 heavy (non-hydrogen) atoms. The standard InChI is InChI=1S/C11H24N2O/c1-8(2)6-10(13-9(3)4)7-11(14)12-5/h8-10,13H,6-7H2,1-5H3,(H,12,14). The summed E-state index contributed by atoms with van der Waals surface area (Å²) < 4.78 is 0. The minimum absolute atomic E-state index is 0.115. The Morgan fingerprint density at radius 2 is 1.79 bits per heavy atom. The molecule has 0 spiro atoms. The van der Waals surface area contributed by atoms with Crippen LogP contribution in [0.15, 0.2) is 0 Å². The largest absolute Gasteiger partial charge is 0.359 e. The summed E-state index contributed by atoms with van der Waals surface area (Å²) in [6, 6.07) is 0.735. The molecule has 0 heterocycles. The van der Waals surface area contributed by atoms with Gasteiger partial charge in [0.05, 0.1) is 0 Å². The Kier molecular flexibility index (Phi) is 6.54. The summed E-state index contributed by atoms with van der Waals surface area (Å²) in [5.74, 6) is 0.736. The van der Waals surface area contributed by atoms with Crippen molar-refractivity contribution in [2.24, 2.45) is 5.92 Å². The summed E-state index contributed by atoms with van der Waals surface area (Å²) in [5, 5.41) is 6.08. The number of carbonyl (C=O) groups is 1. The number of carbonyl (C=O) groups excluding carboxylic acids is 1. The molecule has 0 rings (SSSR count). The average molecular weight is 200 g/mol. The van der Waals surface area contributed by atoms with Crippen molar-refractivity contribution in [1.82, 2.24) is 10.6 Å². The van der Waals surface area contributed by atoms with E-state index in [1.54, 1.807) is 7.05 Å². The van der Waals surface area contributed by atoms with Crippen molar-refractivity contribution >= 4 is 5.91 Å². The van der Waals surface area contributed by atoms with Crippen LogP contribution in [0.5, 0.6) is 0 Å². The van der Waals surface area contributed by atoms with Crippen molar-refractivity contribution in [3.63, 3.8) is 0 Å². The number of rotatable bonds is 6. The summed E-state index contributed by atoms with van der Waals surface area (Å²) in [7, 11) is 1.68. The zero-order valence-electron chi connectivity index (χ0n) is 10.1. The zero-order valence-corrected chi connectivity index (χ0v) is 10.1. The van der Waals surface area contributed by atoms with E-state index in [0.717, 1.165) is 6.42 Å². The Labute approximate surface area is 87.6 Å². The molecule has 0 bridgehead atoms. The Morgan fingerprint density at radius 1 is 1.21 bits per heavy atom. The van der Waals surface area contributed by atoms with Crippen LogP contribution in [0.3, 0.4) is 0 Å². The highest BCUT2D eigenvalue weighted by atomic mass is 16.1. The highest BCUT2D eigenvalue weighted by molar-refractivity contribution is 5.76.